The van der Waals surface area contributed by atoms with Crippen molar-refractivity contribution < 1.29 is 4.79 Å². The standard InChI is InChI=1S/C16H32N4O/c1-7-8-20(12-15(4,5)10-17)9-14(21)19-16(6,11-18)13(2)3/h13H,7-10,12,17H2,1-6H3,(H,19,21). The van der Waals surface area contributed by atoms with Crippen LogP contribution in [-0.4, -0.2) is 42.5 Å². The van der Waals surface area contributed by atoms with E-state index in [0.29, 0.717) is 13.1 Å². The molecule has 1 unspecified atom stereocenters. The molecule has 0 aliphatic carbocycles. The van der Waals surface area contributed by atoms with Crippen LogP contribution in [-0.2, 0) is 4.79 Å². The van der Waals surface area contributed by atoms with Crippen molar-refractivity contribution in [2.75, 3.05) is 26.2 Å². The van der Waals surface area contributed by atoms with Gasteiger partial charge in [-0.25, -0.2) is 0 Å². The number of rotatable bonds is 9. The van der Waals surface area contributed by atoms with Crippen LogP contribution in [0.5, 0.6) is 0 Å². The highest BCUT2D eigenvalue weighted by Gasteiger charge is 2.31. The van der Waals surface area contributed by atoms with Crippen LogP contribution >= 0.6 is 0 Å². The van der Waals surface area contributed by atoms with Crippen LogP contribution in [0.4, 0.5) is 0 Å². The summed E-state index contributed by atoms with van der Waals surface area (Å²) in [5.41, 5.74) is 4.93. The molecule has 0 saturated heterocycles. The van der Waals surface area contributed by atoms with E-state index in [9.17, 15) is 10.1 Å². The zero-order valence-electron chi connectivity index (χ0n) is 14.5. The van der Waals surface area contributed by atoms with Gasteiger partial charge < -0.3 is 11.1 Å². The third-order valence-electron chi connectivity index (χ3n) is 3.90. The zero-order chi connectivity index (χ0) is 16.7. The van der Waals surface area contributed by atoms with E-state index in [1.54, 1.807) is 6.92 Å². The Morgan fingerprint density at radius 2 is 1.95 bits per heavy atom. The van der Waals surface area contributed by atoms with Gasteiger partial charge in [-0.05, 0) is 37.8 Å². The van der Waals surface area contributed by atoms with Crippen molar-refractivity contribution in [3.05, 3.63) is 0 Å². The first kappa shape index (κ1) is 19.9. The Balaban J connectivity index is 4.73. The summed E-state index contributed by atoms with van der Waals surface area (Å²) < 4.78 is 0. The average Bonchev–Trinajstić information content (AvgIpc) is 2.37. The molecule has 5 heteroatoms. The van der Waals surface area contributed by atoms with Crippen molar-refractivity contribution in [1.82, 2.24) is 10.2 Å². The van der Waals surface area contributed by atoms with E-state index in [1.165, 1.54) is 0 Å². The maximum absolute atomic E-state index is 12.2. The number of hydrogen-bond donors (Lipinski definition) is 2. The summed E-state index contributed by atoms with van der Waals surface area (Å²) in [6.45, 7) is 14.4. The number of amides is 1. The molecular formula is C16H32N4O. The first-order valence-corrected chi connectivity index (χ1v) is 7.75. The predicted octanol–water partition coefficient (Wildman–Crippen LogP) is 1.74. The van der Waals surface area contributed by atoms with Gasteiger partial charge in [0.15, 0.2) is 0 Å². The molecule has 122 valence electrons. The van der Waals surface area contributed by atoms with Crippen molar-refractivity contribution in [1.29, 1.82) is 5.26 Å². The number of nitrogens with zero attached hydrogens (tertiary/aromatic N) is 2. The molecule has 0 saturated carbocycles. The van der Waals surface area contributed by atoms with Gasteiger partial charge in [-0.15, -0.1) is 0 Å². The molecule has 0 aliphatic heterocycles. The molecule has 5 nitrogen and oxygen atoms in total. The number of nitrogens with two attached hydrogens (primary N) is 1. The van der Waals surface area contributed by atoms with Crippen LogP contribution in [0.2, 0.25) is 0 Å². The van der Waals surface area contributed by atoms with Crippen LogP contribution in [0.3, 0.4) is 0 Å². The predicted molar refractivity (Wildman–Crippen MR) is 86.6 cm³/mol. The lowest BCUT2D eigenvalue weighted by molar-refractivity contribution is -0.124. The highest BCUT2D eigenvalue weighted by atomic mass is 16.2. The topological polar surface area (TPSA) is 82.2 Å². The van der Waals surface area contributed by atoms with Crippen LogP contribution < -0.4 is 11.1 Å². The van der Waals surface area contributed by atoms with Crippen LogP contribution in [0.1, 0.15) is 48.0 Å². The molecule has 0 heterocycles. The van der Waals surface area contributed by atoms with Crippen LogP contribution in [0.25, 0.3) is 0 Å². The summed E-state index contributed by atoms with van der Waals surface area (Å²) in [6, 6.07) is 2.20. The van der Waals surface area contributed by atoms with Gasteiger partial charge in [0.1, 0.15) is 5.54 Å². The minimum Gasteiger partial charge on any atom is -0.337 e. The second kappa shape index (κ2) is 8.35. The second-order valence-corrected chi connectivity index (χ2v) is 7.10. The maximum Gasteiger partial charge on any atom is 0.235 e. The molecule has 0 aromatic heterocycles. The van der Waals surface area contributed by atoms with E-state index in [2.05, 4.69) is 37.1 Å². The third-order valence-corrected chi connectivity index (χ3v) is 3.90. The van der Waals surface area contributed by atoms with Gasteiger partial charge in [0, 0.05) is 6.54 Å². The Morgan fingerprint density at radius 3 is 2.33 bits per heavy atom. The Morgan fingerprint density at radius 1 is 1.38 bits per heavy atom. The fourth-order valence-corrected chi connectivity index (χ4v) is 2.03. The van der Waals surface area contributed by atoms with Crippen molar-refractivity contribution in [3.8, 4) is 6.07 Å². The molecular weight excluding hydrogens is 264 g/mol. The summed E-state index contributed by atoms with van der Waals surface area (Å²) in [6.07, 6.45) is 0.980. The van der Waals surface area contributed by atoms with E-state index in [1.807, 2.05) is 13.8 Å². The third kappa shape index (κ3) is 6.92. The van der Waals surface area contributed by atoms with E-state index >= 15 is 0 Å². The fourth-order valence-electron chi connectivity index (χ4n) is 2.03. The highest BCUT2D eigenvalue weighted by Crippen LogP contribution is 2.17. The fraction of sp³-hybridized carbons (Fsp3) is 0.875. The molecule has 3 N–H and O–H groups in total. The summed E-state index contributed by atoms with van der Waals surface area (Å²) in [5, 5.41) is 12.1. The molecule has 0 rings (SSSR count). The number of nitriles is 1. The first-order valence-electron chi connectivity index (χ1n) is 7.75. The van der Waals surface area contributed by atoms with Gasteiger partial charge in [0.05, 0.1) is 12.6 Å². The minimum absolute atomic E-state index is 0.0218. The molecule has 1 amide bonds. The monoisotopic (exact) mass is 296 g/mol. The van der Waals surface area contributed by atoms with Crippen molar-refractivity contribution in [2.45, 2.75) is 53.5 Å². The van der Waals surface area contributed by atoms with E-state index in [0.717, 1.165) is 19.5 Å². The van der Waals surface area contributed by atoms with Crippen molar-refractivity contribution in [2.24, 2.45) is 17.1 Å². The molecule has 0 fully saturated rings. The lowest BCUT2D eigenvalue weighted by atomic mass is 9.90. The van der Waals surface area contributed by atoms with Gasteiger partial charge in [-0.1, -0.05) is 34.6 Å². The van der Waals surface area contributed by atoms with E-state index < -0.39 is 5.54 Å². The van der Waals surface area contributed by atoms with Gasteiger partial charge in [0.2, 0.25) is 5.91 Å². The minimum atomic E-state index is -0.821. The molecule has 0 spiro atoms. The van der Waals surface area contributed by atoms with Crippen LogP contribution in [0, 0.1) is 22.7 Å². The van der Waals surface area contributed by atoms with Gasteiger partial charge in [0.25, 0.3) is 0 Å². The Bertz CT molecular complexity index is 373. The maximum atomic E-state index is 12.2. The lowest BCUT2D eigenvalue weighted by Gasteiger charge is -2.33. The normalized spacial score (nSPS) is 14.9. The van der Waals surface area contributed by atoms with E-state index in [-0.39, 0.29) is 17.2 Å². The van der Waals surface area contributed by atoms with Gasteiger partial charge in [-0.3, -0.25) is 9.69 Å². The first-order chi connectivity index (χ1) is 9.60. The SMILES string of the molecule is CCCN(CC(=O)NC(C)(C#N)C(C)C)CC(C)(C)CN. The quantitative estimate of drug-likeness (QED) is 0.679. The molecule has 0 aliphatic rings. The lowest BCUT2D eigenvalue weighted by Crippen LogP contribution is -2.52. The summed E-state index contributed by atoms with van der Waals surface area (Å²) >= 11 is 0. The smallest absolute Gasteiger partial charge is 0.235 e. The van der Waals surface area contributed by atoms with Gasteiger partial charge >= 0.3 is 0 Å². The van der Waals surface area contributed by atoms with E-state index in [4.69, 9.17) is 5.73 Å². The molecule has 0 radical (unpaired) electrons. The summed E-state index contributed by atoms with van der Waals surface area (Å²) in [4.78, 5) is 14.4. The van der Waals surface area contributed by atoms with Crippen molar-refractivity contribution in [3.63, 3.8) is 0 Å². The average molecular weight is 296 g/mol. The summed E-state index contributed by atoms with van der Waals surface area (Å²) in [5.74, 6) is -0.0411. The van der Waals surface area contributed by atoms with Crippen molar-refractivity contribution >= 4 is 5.91 Å². The number of carbonyl (C=O) groups excluding carboxylic acids is 1. The Kier molecular flexibility index (Phi) is 7.91. The molecule has 0 aromatic carbocycles. The Labute approximate surface area is 129 Å². The molecule has 0 bridgehead atoms. The summed E-state index contributed by atoms with van der Waals surface area (Å²) in [7, 11) is 0. The zero-order valence-corrected chi connectivity index (χ0v) is 14.5. The molecule has 21 heavy (non-hydrogen) atoms. The highest BCUT2D eigenvalue weighted by molar-refractivity contribution is 5.79. The molecule has 1 atom stereocenters. The molecule has 0 aromatic rings. The largest absolute Gasteiger partial charge is 0.337 e. The second-order valence-electron chi connectivity index (χ2n) is 7.10. The number of nitrogens with one attached hydrogen (secondary N) is 1. The van der Waals surface area contributed by atoms with Crippen LogP contribution in [0.15, 0.2) is 0 Å². The number of carbonyl (C=O) groups is 1. The Hall–Kier alpha value is -1.12. The number of hydrogen-bond acceptors (Lipinski definition) is 4. The van der Waals surface area contributed by atoms with Gasteiger partial charge in [-0.2, -0.15) is 5.26 Å².